The molecule has 0 saturated heterocycles. The van der Waals surface area contributed by atoms with Gasteiger partial charge in [0.05, 0.1) is 16.8 Å². The van der Waals surface area contributed by atoms with Gasteiger partial charge in [-0.1, -0.05) is 29.8 Å². The second-order valence-electron chi connectivity index (χ2n) is 6.24. The lowest BCUT2D eigenvalue weighted by Crippen LogP contribution is -2.18. The van der Waals surface area contributed by atoms with Crippen LogP contribution in [-0.4, -0.2) is 21.8 Å². The number of esters is 1. The first-order valence-electron chi connectivity index (χ1n) is 8.21. The van der Waals surface area contributed by atoms with Gasteiger partial charge in [-0.25, -0.2) is 9.78 Å². The van der Waals surface area contributed by atoms with Crippen LogP contribution in [0.1, 0.15) is 22.5 Å². The smallest absolute Gasteiger partial charge is 0.331 e. The van der Waals surface area contributed by atoms with Crippen LogP contribution >= 0.6 is 11.8 Å². The van der Waals surface area contributed by atoms with Crippen LogP contribution in [-0.2, 0) is 17.1 Å². The lowest BCUT2D eigenvalue weighted by molar-refractivity contribution is -0.135. The lowest BCUT2D eigenvalue weighted by Gasteiger charge is -2.13. The number of aryl methyl sites for hydroxylation is 3. The third-order valence-corrected chi connectivity index (χ3v) is 4.66. The molecule has 0 unspecified atom stereocenters. The Morgan fingerprint density at radius 3 is 2.52 bits per heavy atom. The zero-order valence-corrected chi connectivity index (χ0v) is 15.8. The summed E-state index contributed by atoms with van der Waals surface area (Å²) in [6, 6.07) is 11.9. The molecule has 5 heteroatoms. The molecule has 0 N–H and O–H groups in total. The van der Waals surface area contributed by atoms with Gasteiger partial charge < -0.3 is 9.30 Å². The number of rotatable bonds is 5. The maximum absolute atomic E-state index is 12.6. The second-order valence-corrected chi connectivity index (χ2v) is 7.10. The molecule has 0 aliphatic rings. The average molecular weight is 354 g/mol. The lowest BCUT2D eigenvalue weighted by atomic mass is 10.1. The minimum absolute atomic E-state index is 0.156. The van der Waals surface area contributed by atoms with Gasteiger partial charge in [0.1, 0.15) is 18.1 Å². The van der Waals surface area contributed by atoms with E-state index in [0.29, 0.717) is 5.75 Å². The van der Waals surface area contributed by atoms with Crippen molar-refractivity contribution in [1.29, 1.82) is 0 Å². The van der Waals surface area contributed by atoms with Crippen molar-refractivity contribution < 1.29 is 9.53 Å². The van der Waals surface area contributed by atoms with Gasteiger partial charge in [0.2, 0.25) is 0 Å². The summed E-state index contributed by atoms with van der Waals surface area (Å²) in [5.41, 5.74) is 4.98. The number of ether oxygens (including phenoxy) is 1. The number of aromatic nitrogens is 2. The Bertz CT molecular complexity index is 908. The van der Waals surface area contributed by atoms with Crippen molar-refractivity contribution in [3.8, 4) is 5.75 Å². The number of imidazole rings is 1. The average Bonchev–Trinajstić information content (AvgIpc) is 2.89. The normalized spacial score (nSPS) is 11.0. The topological polar surface area (TPSA) is 44.1 Å². The molecule has 0 aliphatic carbocycles. The van der Waals surface area contributed by atoms with Crippen molar-refractivity contribution in [1.82, 2.24) is 9.55 Å². The van der Waals surface area contributed by atoms with Crippen molar-refractivity contribution in [2.75, 3.05) is 6.26 Å². The summed E-state index contributed by atoms with van der Waals surface area (Å²) < 4.78 is 7.64. The van der Waals surface area contributed by atoms with Crippen LogP contribution in [0.5, 0.6) is 5.75 Å². The number of fused-ring (bicyclic) bond motifs is 1. The molecule has 0 aliphatic heterocycles. The summed E-state index contributed by atoms with van der Waals surface area (Å²) in [6.45, 7) is 6.13. The number of carbonyl (C=O) groups is 1. The summed E-state index contributed by atoms with van der Waals surface area (Å²) in [5, 5.41) is 0. The molecule has 1 aromatic heterocycles. The minimum Gasteiger partial charge on any atom is -0.425 e. The van der Waals surface area contributed by atoms with Crippen LogP contribution in [0.25, 0.3) is 11.0 Å². The van der Waals surface area contributed by atoms with Gasteiger partial charge in [-0.15, -0.1) is 0 Å². The molecule has 0 radical (unpaired) electrons. The highest BCUT2D eigenvalue weighted by Crippen LogP contribution is 2.25. The molecular weight excluding hydrogens is 332 g/mol. The van der Waals surface area contributed by atoms with E-state index in [-0.39, 0.29) is 12.5 Å². The van der Waals surface area contributed by atoms with Crippen LogP contribution in [0.2, 0.25) is 0 Å². The van der Waals surface area contributed by atoms with E-state index in [1.165, 1.54) is 0 Å². The van der Waals surface area contributed by atoms with E-state index in [0.717, 1.165) is 39.3 Å². The summed E-state index contributed by atoms with van der Waals surface area (Å²) in [7, 11) is 0. The quantitative estimate of drug-likeness (QED) is 0.502. The molecular formula is C20H22N2O2S. The van der Waals surface area contributed by atoms with Crippen molar-refractivity contribution in [2.45, 2.75) is 33.1 Å². The van der Waals surface area contributed by atoms with Crippen molar-refractivity contribution in [2.24, 2.45) is 0 Å². The highest BCUT2D eigenvalue weighted by molar-refractivity contribution is 7.97. The predicted octanol–water partition coefficient (Wildman–Crippen LogP) is 4.43. The zero-order chi connectivity index (χ0) is 18.0. The minimum atomic E-state index is -0.277. The first kappa shape index (κ1) is 17.5. The molecule has 130 valence electrons. The van der Waals surface area contributed by atoms with Gasteiger partial charge in [0.25, 0.3) is 0 Å². The molecule has 0 amide bonds. The van der Waals surface area contributed by atoms with Crippen molar-refractivity contribution in [3.63, 3.8) is 0 Å². The third-order valence-electron chi connectivity index (χ3n) is 4.11. The molecule has 0 saturated carbocycles. The van der Waals surface area contributed by atoms with E-state index in [1.54, 1.807) is 11.8 Å². The molecule has 1 heterocycles. The maximum Gasteiger partial charge on any atom is 0.331 e. The van der Waals surface area contributed by atoms with Gasteiger partial charge in [-0.2, -0.15) is 11.8 Å². The Labute approximate surface area is 152 Å². The zero-order valence-electron chi connectivity index (χ0n) is 15.0. The van der Waals surface area contributed by atoms with E-state index in [9.17, 15) is 4.79 Å². The molecule has 2 aromatic carbocycles. The Morgan fingerprint density at radius 2 is 1.84 bits per heavy atom. The predicted molar refractivity (Wildman–Crippen MR) is 103 cm³/mol. The van der Waals surface area contributed by atoms with Crippen LogP contribution in [0.4, 0.5) is 0 Å². The molecule has 4 nitrogen and oxygen atoms in total. The van der Waals surface area contributed by atoms with Crippen LogP contribution < -0.4 is 4.74 Å². The molecule has 0 bridgehead atoms. The standard InChI is InChI=1S/C20H22N2O2S/c1-13-9-14(2)20(15(3)10-13)24-19(23)11-22-17-8-6-5-7-16(17)21-18(22)12-25-4/h5-10H,11-12H2,1-4H3. The molecule has 3 aromatic rings. The van der Waals surface area contributed by atoms with E-state index in [1.807, 2.05) is 68.0 Å². The van der Waals surface area contributed by atoms with Crippen LogP contribution in [0, 0.1) is 20.8 Å². The third kappa shape index (κ3) is 3.71. The highest BCUT2D eigenvalue weighted by Gasteiger charge is 2.16. The largest absolute Gasteiger partial charge is 0.425 e. The van der Waals surface area contributed by atoms with Crippen molar-refractivity contribution in [3.05, 3.63) is 58.9 Å². The Balaban J connectivity index is 1.89. The van der Waals surface area contributed by atoms with E-state index in [2.05, 4.69) is 4.98 Å². The van der Waals surface area contributed by atoms with Crippen LogP contribution in [0.3, 0.4) is 0 Å². The first-order chi connectivity index (χ1) is 12.0. The Morgan fingerprint density at radius 1 is 1.16 bits per heavy atom. The van der Waals surface area contributed by atoms with Gasteiger partial charge in [0.15, 0.2) is 0 Å². The number of hydrogen-bond acceptors (Lipinski definition) is 4. The summed E-state index contributed by atoms with van der Waals surface area (Å²) in [6.07, 6.45) is 2.03. The fraction of sp³-hybridized carbons (Fsp3) is 0.300. The molecule has 25 heavy (non-hydrogen) atoms. The van der Waals surface area contributed by atoms with E-state index < -0.39 is 0 Å². The van der Waals surface area contributed by atoms with Gasteiger partial charge in [-0.05, 0) is 50.3 Å². The molecule has 0 spiro atoms. The van der Waals surface area contributed by atoms with Gasteiger partial charge in [0, 0.05) is 0 Å². The summed E-state index contributed by atoms with van der Waals surface area (Å²) >= 11 is 1.69. The fourth-order valence-electron chi connectivity index (χ4n) is 3.14. The van der Waals surface area contributed by atoms with E-state index >= 15 is 0 Å². The number of benzene rings is 2. The number of hydrogen-bond donors (Lipinski definition) is 0. The Hall–Kier alpha value is -2.27. The maximum atomic E-state index is 12.6. The number of para-hydroxylation sites is 2. The SMILES string of the molecule is CSCc1nc2ccccc2n1CC(=O)Oc1c(C)cc(C)cc1C. The summed E-state index contributed by atoms with van der Waals surface area (Å²) in [4.78, 5) is 17.2. The molecule has 0 atom stereocenters. The number of nitrogens with zero attached hydrogens (tertiary/aromatic N) is 2. The second kappa shape index (κ2) is 7.31. The molecule has 0 fully saturated rings. The number of thioether (sulfide) groups is 1. The van der Waals surface area contributed by atoms with Gasteiger partial charge >= 0.3 is 5.97 Å². The highest BCUT2D eigenvalue weighted by atomic mass is 32.2. The Kier molecular flexibility index (Phi) is 5.13. The van der Waals surface area contributed by atoms with E-state index in [4.69, 9.17) is 4.74 Å². The van der Waals surface area contributed by atoms with Gasteiger partial charge in [-0.3, -0.25) is 0 Å². The number of carbonyl (C=O) groups excluding carboxylic acids is 1. The van der Waals surface area contributed by atoms with Crippen molar-refractivity contribution >= 4 is 28.8 Å². The van der Waals surface area contributed by atoms with Crippen LogP contribution in [0.15, 0.2) is 36.4 Å². The summed E-state index contributed by atoms with van der Waals surface area (Å²) in [5.74, 6) is 2.03. The fourth-order valence-corrected chi connectivity index (χ4v) is 3.62. The first-order valence-corrected chi connectivity index (χ1v) is 9.60. The molecule has 3 rings (SSSR count). The monoisotopic (exact) mass is 354 g/mol.